The molecular weight excluding hydrogens is 383 g/mol. The van der Waals surface area contributed by atoms with Crippen molar-refractivity contribution in [2.24, 2.45) is 0 Å². The van der Waals surface area contributed by atoms with Crippen LogP contribution in [0.2, 0.25) is 0 Å². The van der Waals surface area contributed by atoms with E-state index in [4.69, 9.17) is 4.42 Å². The van der Waals surface area contributed by atoms with Crippen LogP contribution < -0.4 is 5.32 Å². The molecule has 6 nitrogen and oxygen atoms in total. The molecule has 3 heterocycles. The Morgan fingerprint density at radius 1 is 1.00 bits per heavy atom. The largest absolute Gasteiger partial charge is 0.463 e. The maximum Gasteiger partial charge on any atom is 0.416 e. The number of alkyl halides is 3. The van der Waals surface area contributed by atoms with Crippen LogP contribution in [0.15, 0.2) is 71.9 Å². The van der Waals surface area contributed by atoms with Gasteiger partial charge in [-0.05, 0) is 29.8 Å². The highest BCUT2D eigenvalue weighted by molar-refractivity contribution is 5.76. The lowest BCUT2D eigenvalue weighted by Crippen LogP contribution is -2.08. The highest BCUT2D eigenvalue weighted by atomic mass is 19.4. The van der Waals surface area contributed by atoms with Gasteiger partial charge in [-0.1, -0.05) is 12.1 Å². The number of anilines is 1. The van der Waals surface area contributed by atoms with E-state index in [1.54, 1.807) is 43.0 Å². The average molecular weight is 397 g/mol. The van der Waals surface area contributed by atoms with Gasteiger partial charge in [-0.3, -0.25) is 9.97 Å². The fourth-order valence-electron chi connectivity index (χ4n) is 2.73. The van der Waals surface area contributed by atoms with Crippen LogP contribution in [0, 0.1) is 0 Å². The molecular formula is C20H14F3N5O. The van der Waals surface area contributed by atoms with Crippen LogP contribution in [0.5, 0.6) is 0 Å². The number of hydrogen-bond acceptors (Lipinski definition) is 6. The number of benzene rings is 1. The van der Waals surface area contributed by atoms with E-state index in [0.29, 0.717) is 28.3 Å². The Balaban J connectivity index is 1.62. The van der Waals surface area contributed by atoms with E-state index >= 15 is 0 Å². The number of hydrogen-bond donors (Lipinski definition) is 1. The van der Waals surface area contributed by atoms with Crippen molar-refractivity contribution in [3.8, 4) is 22.7 Å². The summed E-state index contributed by atoms with van der Waals surface area (Å²) in [6, 6.07) is 8.57. The van der Waals surface area contributed by atoms with Crippen LogP contribution in [0.25, 0.3) is 22.7 Å². The molecule has 29 heavy (non-hydrogen) atoms. The fraction of sp³-hybridized carbons (Fsp3) is 0.100. The van der Waals surface area contributed by atoms with Gasteiger partial charge >= 0.3 is 6.18 Å². The van der Waals surface area contributed by atoms with Crippen LogP contribution in [-0.2, 0) is 12.7 Å². The van der Waals surface area contributed by atoms with Crippen LogP contribution >= 0.6 is 0 Å². The minimum absolute atomic E-state index is 0.131. The Labute approximate surface area is 163 Å². The lowest BCUT2D eigenvalue weighted by atomic mass is 10.1. The van der Waals surface area contributed by atoms with Crippen molar-refractivity contribution >= 4 is 5.95 Å². The summed E-state index contributed by atoms with van der Waals surface area (Å²) < 4.78 is 44.1. The molecule has 0 fully saturated rings. The number of halogens is 3. The fourth-order valence-corrected chi connectivity index (χ4v) is 2.73. The summed E-state index contributed by atoms with van der Waals surface area (Å²) in [5, 5.41) is 2.95. The molecule has 4 aromatic rings. The standard InChI is InChI=1S/C20H14F3N5O/c21-20(22,23)14-4-1-3-13(9-14)10-26-19-27-11-15(16-12-24-6-7-25-16)18(28-19)17-5-2-8-29-17/h1-9,11-12H,10H2,(H,26,27,28). The molecule has 1 aromatic carbocycles. The van der Waals surface area contributed by atoms with Gasteiger partial charge in [0.2, 0.25) is 5.95 Å². The quantitative estimate of drug-likeness (QED) is 0.520. The van der Waals surface area contributed by atoms with Gasteiger partial charge in [0.05, 0.1) is 23.7 Å². The first-order chi connectivity index (χ1) is 14.0. The summed E-state index contributed by atoms with van der Waals surface area (Å²) in [5.74, 6) is 0.761. The molecule has 0 unspecified atom stereocenters. The van der Waals surface area contributed by atoms with Crippen molar-refractivity contribution in [3.05, 3.63) is 78.6 Å². The van der Waals surface area contributed by atoms with Crippen molar-refractivity contribution in [3.63, 3.8) is 0 Å². The summed E-state index contributed by atoms with van der Waals surface area (Å²) in [4.78, 5) is 17.0. The van der Waals surface area contributed by atoms with Crippen LogP contribution in [-0.4, -0.2) is 19.9 Å². The molecule has 0 atom stereocenters. The Bertz CT molecular complexity index is 1100. The van der Waals surface area contributed by atoms with Crippen LogP contribution in [0.4, 0.5) is 19.1 Å². The van der Waals surface area contributed by atoms with Gasteiger partial charge < -0.3 is 9.73 Å². The van der Waals surface area contributed by atoms with E-state index in [-0.39, 0.29) is 12.5 Å². The molecule has 1 N–H and O–H groups in total. The van der Waals surface area contributed by atoms with E-state index in [0.717, 1.165) is 12.1 Å². The molecule has 0 aliphatic rings. The third-order valence-electron chi connectivity index (χ3n) is 4.09. The highest BCUT2D eigenvalue weighted by Gasteiger charge is 2.30. The monoisotopic (exact) mass is 397 g/mol. The van der Waals surface area contributed by atoms with Crippen LogP contribution in [0.3, 0.4) is 0 Å². The summed E-state index contributed by atoms with van der Waals surface area (Å²) >= 11 is 0. The maximum atomic E-state index is 12.9. The number of nitrogens with zero attached hydrogens (tertiary/aromatic N) is 4. The second kappa shape index (κ2) is 7.70. The first-order valence-corrected chi connectivity index (χ1v) is 8.58. The van der Waals surface area contributed by atoms with Crippen LogP contribution in [0.1, 0.15) is 11.1 Å². The first kappa shape index (κ1) is 18.6. The van der Waals surface area contributed by atoms with E-state index in [2.05, 4.69) is 25.3 Å². The molecule has 0 saturated carbocycles. The molecule has 3 aromatic heterocycles. The molecule has 9 heteroatoms. The van der Waals surface area contributed by atoms with Crippen molar-refractivity contribution in [2.45, 2.75) is 12.7 Å². The molecule has 146 valence electrons. The van der Waals surface area contributed by atoms with E-state index in [9.17, 15) is 13.2 Å². The van der Waals surface area contributed by atoms with Gasteiger partial charge in [0.25, 0.3) is 0 Å². The van der Waals surface area contributed by atoms with Gasteiger partial charge in [-0.2, -0.15) is 13.2 Å². The minimum atomic E-state index is -4.39. The molecule has 0 aliphatic heterocycles. The van der Waals surface area contributed by atoms with E-state index in [1.807, 2.05) is 0 Å². The Morgan fingerprint density at radius 3 is 2.62 bits per heavy atom. The molecule has 0 spiro atoms. The Morgan fingerprint density at radius 2 is 1.90 bits per heavy atom. The SMILES string of the molecule is FC(F)(F)c1cccc(CNc2ncc(-c3cnccn3)c(-c3ccco3)n2)c1. The predicted octanol–water partition coefficient (Wildman–Crippen LogP) is 4.82. The van der Waals surface area contributed by atoms with Gasteiger partial charge in [0, 0.05) is 30.7 Å². The minimum Gasteiger partial charge on any atom is -0.463 e. The van der Waals surface area contributed by atoms with Gasteiger partial charge in [0.15, 0.2) is 5.76 Å². The summed E-state index contributed by atoms with van der Waals surface area (Å²) in [6.07, 6.45) is 3.40. The average Bonchev–Trinajstić information content (AvgIpc) is 3.27. The molecule has 0 saturated heterocycles. The van der Waals surface area contributed by atoms with E-state index in [1.165, 1.54) is 12.3 Å². The number of aromatic nitrogens is 4. The summed E-state index contributed by atoms with van der Waals surface area (Å²) in [5.41, 5.74) is 1.45. The summed E-state index contributed by atoms with van der Waals surface area (Å²) in [7, 11) is 0. The zero-order valence-electron chi connectivity index (χ0n) is 14.9. The number of nitrogens with one attached hydrogen (secondary N) is 1. The second-order valence-electron chi connectivity index (χ2n) is 6.08. The second-order valence-corrected chi connectivity index (χ2v) is 6.08. The third kappa shape index (κ3) is 4.23. The normalized spacial score (nSPS) is 11.4. The lowest BCUT2D eigenvalue weighted by Gasteiger charge is -2.11. The molecule has 0 aliphatic carbocycles. The third-order valence-corrected chi connectivity index (χ3v) is 4.09. The topological polar surface area (TPSA) is 76.7 Å². The Hall–Kier alpha value is -3.75. The molecule has 4 rings (SSSR count). The molecule has 0 amide bonds. The van der Waals surface area contributed by atoms with E-state index < -0.39 is 11.7 Å². The van der Waals surface area contributed by atoms with Crippen molar-refractivity contribution in [2.75, 3.05) is 5.32 Å². The lowest BCUT2D eigenvalue weighted by molar-refractivity contribution is -0.137. The van der Waals surface area contributed by atoms with Gasteiger partial charge in [0.1, 0.15) is 5.69 Å². The maximum absolute atomic E-state index is 12.9. The zero-order valence-corrected chi connectivity index (χ0v) is 14.9. The van der Waals surface area contributed by atoms with Crippen molar-refractivity contribution < 1.29 is 17.6 Å². The zero-order chi connectivity index (χ0) is 20.3. The predicted molar refractivity (Wildman–Crippen MR) is 99.5 cm³/mol. The highest BCUT2D eigenvalue weighted by Crippen LogP contribution is 2.31. The van der Waals surface area contributed by atoms with Crippen molar-refractivity contribution in [1.82, 2.24) is 19.9 Å². The molecule has 0 bridgehead atoms. The summed E-state index contributed by atoms with van der Waals surface area (Å²) in [6.45, 7) is 0.131. The first-order valence-electron chi connectivity index (χ1n) is 8.58. The van der Waals surface area contributed by atoms with Gasteiger partial charge in [-0.15, -0.1) is 0 Å². The van der Waals surface area contributed by atoms with Gasteiger partial charge in [-0.25, -0.2) is 9.97 Å². The van der Waals surface area contributed by atoms with Crippen molar-refractivity contribution in [1.29, 1.82) is 0 Å². The Kier molecular flexibility index (Phi) is 4.94. The number of furan rings is 1. The number of rotatable bonds is 5. The molecule has 0 radical (unpaired) electrons. The smallest absolute Gasteiger partial charge is 0.416 e.